The quantitative estimate of drug-likeness (QED) is 0.320. The zero-order valence-corrected chi connectivity index (χ0v) is 17.1. The van der Waals surface area contributed by atoms with Crippen molar-refractivity contribution < 1.29 is 9.47 Å². The molecule has 3 aromatic rings. The summed E-state index contributed by atoms with van der Waals surface area (Å²) in [5, 5.41) is 4.33. The number of hydrazone groups is 1. The van der Waals surface area contributed by atoms with Crippen LogP contribution in [-0.4, -0.2) is 29.0 Å². The number of hydrogen-bond donors (Lipinski definition) is 1. The van der Waals surface area contributed by atoms with Crippen molar-refractivity contribution in [3.05, 3.63) is 45.5 Å². The molecule has 3 rings (SSSR count). The molecular weight excluding hydrogens is 443 g/mol. The van der Waals surface area contributed by atoms with E-state index in [1.807, 2.05) is 61.9 Å². The maximum absolute atomic E-state index is 5.71. The molecule has 0 aliphatic carbocycles. The van der Waals surface area contributed by atoms with Crippen LogP contribution in [-0.2, 0) is 7.05 Å². The Bertz CT molecular complexity index is 937. The van der Waals surface area contributed by atoms with E-state index >= 15 is 0 Å². The van der Waals surface area contributed by atoms with Crippen molar-refractivity contribution in [1.82, 2.24) is 9.55 Å². The number of hydrogen-bond acceptors (Lipinski definition) is 5. The Kier molecular flexibility index (Phi) is 5.97. The van der Waals surface area contributed by atoms with Crippen molar-refractivity contribution in [2.45, 2.75) is 13.8 Å². The van der Waals surface area contributed by atoms with E-state index < -0.39 is 0 Å². The van der Waals surface area contributed by atoms with Crippen LogP contribution in [0.2, 0.25) is 0 Å². The van der Waals surface area contributed by atoms with E-state index in [-0.39, 0.29) is 0 Å². The number of nitrogens with one attached hydrogen (secondary N) is 1. The third-order valence-electron chi connectivity index (χ3n) is 3.79. The van der Waals surface area contributed by atoms with Gasteiger partial charge >= 0.3 is 0 Å². The van der Waals surface area contributed by atoms with Crippen molar-refractivity contribution in [3.8, 4) is 11.5 Å². The van der Waals surface area contributed by atoms with Gasteiger partial charge in [0.15, 0.2) is 11.5 Å². The highest BCUT2D eigenvalue weighted by Crippen LogP contribution is 2.33. The van der Waals surface area contributed by atoms with Gasteiger partial charge in [-0.15, -0.1) is 0 Å². The number of benzene rings is 2. The second-order valence-corrected chi connectivity index (χ2v) is 6.71. The molecule has 2 aromatic carbocycles. The minimum absolute atomic E-state index is 0.578. The van der Waals surface area contributed by atoms with Crippen LogP contribution in [0, 0.1) is 3.57 Å². The van der Waals surface area contributed by atoms with Crippen LogP contribution >= 0.6 is 22.6 Å². The summed E-state index contributed by atoms with van der Waals surface area (Å²) in [6.45, 7) is 5.09. The lowest BCUT2D eigenvalue weighted by molar-refractivity contribution is 0.286. The highest BCUT2D eigenvalue weighted by atomic mass is 127. The number of nitrogens with zero attached hydrogens (tertiary/aromatic N) is 3. The molecular formula is C19H21IN4O2. The minimum atomic E-state index is 0.578. The Morgan fingerprint density at radius 3 is 2.69 bits per heavy atom. The first-order chi connectivity index (χ1) is 12.6. The molecule has 0 bridgehead atoms. The van der Waals surface area contributed by atoms with Gasteiger partial charge in [0, 0.05) is 7.05 Å². The molecule has 1 aromatic heterocycles. The number of fused-ring (bicyclic) bond motifs is 1. The van der Waals surface area contributed by atoms with Gasteiger partial charge in [-0.1, -0.05) is 12.1 Å². The van der Waals surface area contributed by atoms with Crippen LogP contribution in [0.4, 0.5) is 5.95 Å². The molecule has 7 heteroatoms. The fourth-order valence-electron chi connectivity index (χ4n) is 2.62. The molecule has 136 valence electrons. The predicted octanol–water partition coefficient (Wildman–Crippen LogP) is 4.42. The molecule has 0 unspecified atom stereocenters. The van der Waals surface area contributed by atoms with Crippen molar-refractivity contribution >= 4 is 45.8 Å². The normalized spacial score (nSPS) is 11.2. The molecule has 0 saturated heterocycles. The molecule has 0 saturated carbocycles. The summed E-state index contributed by atoms with van der Waals surface area (Å²) >= 11 is 2.25. The molecule has 0 fully saturated rings. The smallest absolute Gasteiger partial charge is 0.224 e. The largest absolute Gasteiger partial charge is 0.490 e. The van der Waals surface area contributed by atoms with Crippen molar-refractivity contribution in [2.75, 3.05) is 18.6 Å². The monoisotopic (exact) mass is 464 g/mol. The first-order valence-corrected chi connectivity index (χ1v) is 9.51. The van der Waals surface area contributed by atoms with E-state index in [0.717, 1.165) is 31.7 Å². The zero-order valence-electron chi connectivity index (χ0n) is 15.0. The number of rotatable bonds is 7. The molecule has 0 radical (unpaired) electrons. The average molecular weight is 464 g/mol. The van der Waals surface area contributed by atoms with E-state index in [1.54, 1.807) is 6.21 Å². The first kappa shape index (κ1) is 18.5. The Hall–Kier alpha value is -2.29. The Labute approximate surface area is 166 Å². The molecule has 0 aliphatic rings. The molecule has 1 heterocycles. The van der Waals surface area contributed by atoms with Gasteiger partial charge in [0.25, 0.3) is 0 Å². The number of para-hydroxylation sites is 2. The summed E-state index contributed by atoms with van der Waals surface area (Å²) in [5.74, 6) is 2.19. The summed E-state index contributed by atoms with van der Waals surface area (Å²) < 4.78 is 14.4. The van der Waals surface area contributed by atoms with E-state index in [1.165, 1.54) is 0 Å². The molecule has 0 aliphatic heterocycles. The van der Waals surface area contributed by atoms with E-state index in [2.05, 4.69) is 38.1 Å². The average Bonchev–Trinajstić information content (AvgIpc) is 2.95. The Morgan fingerprint density at radius 1 is 1.19 bits per heavy atom. The van der Waals surface area contributed by atoms with Gasteiger partial charge in [-0.05, 0) is 66.3 Å². The lowest BCUT2D eigenvalue weighted by Crippen LogP contribution is -2.02. The lowest BCUT2D eigenvalue weighted by atomic mass is 10.2. The van der Waals surface area contributed by atoms with E-state index in [9.17, 15) is 0 Å². The highest BCUT2D eigenvalue weighted by Gasteiger charge is 2.11. The standard InChI is InChI=1S/C19H21IN4O2/c1-4-25-17-11-13(10-14(20)18(17)26-5-2)12-21-23-19-22-15-8-6-7-9-16(15)24(19)3/h6-12H,4-5H2,1-3H3,(H,22,23)/b21-12-. The molecule has 1 N–H and O–H groups in total. The van der Waals surface area contributed by atoms with Crippen molar-refractivity contribution in [2.24, 2.45) is 12.1 Å². The molecule has 26 heavy (non-hydrogen) atoms. The molecule has 6 nitrogen and oxygen atoms in total. The van der Waals surface area contributed by atoms with Crippen molar-refractivity contribution in [3.63, 3.8) is 0 Å². The van der Waals surface area contributed by atoms with Gasteiger partial charge in [0.2, 0.25) is 5.95 Å². The topological polar surface area (TPSA) is 60.7 Å². The maximum Gasteiger partial charge on any atom is 0.224 e. The van der Waals surface area contributed by atoms with Gasteiger partial charge in [0.05, 0.1) is 34.0 Å². The first-order valence-electron chi connectivity index (χ1n) is 8.43. The van der Waals surface area contributed by atoms with Gasteiger partial charge < -0.3 is 14.0 Å². The summed E-state index contributed by atoms with van der Waals surface area (Å²) in [4.78, 5) is 4.54. The summed E-state index contributed by atoms with van der Waals surface area (Å²) in [7, 11) is 1.96. The van der Waals surface area contributed by atoms with Crippen LogP contribution in [0.15, 0.2) is 41.5 Å². The summed E-state index contributed by atoms with van der Waals surface area (Å²) in [6, 6.07) is 11.9. The third-order valence-corrected chi connectivity index (χ3v) is 4.59. The minimum Gasteiger partial charge on any atom is -0.490 e. The fourth-order valence-corrected chi connectivity index (χ4v) is 3.40. The molecule has 0 spiro atoms. The Balaban J connectivity index is 1.82. The number of anilines is 1. The second kappa shape index (κ2) is 8.39. The van der Waals surface area contributed by atoms with E-state index in [0.29, 0.717) is 19.2 Å². The van der Waals surface area contributed by atoms with Gasteiger partial charge in [0.1, 0.15) is 0 Å². The summed E-state index contributed by atoms with van der Waals surface area (Å²) in [5.41, 5.74) is 5.92. The number of halogens is 1. The van der Waals surface area contributed by atoms with Gasteiger partial charge in [-0.2, -0.15) is 5.10 Å². The molecule has 0 atom stereocenters. The highest BCUT2D eigenvalue weighted by molar-refractivity contribution is 14.1. The number of imidazole rings is 1. The van der Waals surface area contributed by atoms with Gasteiger partial charge in [-0.3, -0.25) is 0 Å². The van der Waals surface area contributed by atoms with E-state index in [4.69, 9.17) is 9.47 Å². The van der Waals surface area contributed by atoms with Crippen molar-refractivity contribution in [1.29, 1.82) is 0 Å². The zero-order chi connectivity index (χ0) is 18.5. The van der Waals surface area contributed by atoms with Crippen LogP contribution in [0.5, 0.6) is 11.5 Å². The Morgan fingerprint density at radius 2 is 1.96 bits per heavy atom. The fraction of sp³-hybridized carbons (Fsp3) is 0.263. The number of ether oxygens (including phenoxy) is 2. The number of aryl methyl sites for hydroxylation is 1. The summed E-state index contributed by atoms with van der Waals surface area (Å²) in [6.07, 6.45) is 1.75. The van der Waals surface area contributed by atoms with Gasteiger partial charge in [-0.25, -0.2) is 10.4 Å². The predicted molar refractivity (Wildman–Crippen MR) is 113 cm³/mol. The van der Waals surface area contributed by atoms with Crippen LogP contribution in [0.1, 0.15) is 19.4 Å². The lowest BCUT2D eigenvalue weighted by Gasteiger charge is -2.13. The van der Waals surface area contributed by atoms with Crippen LogP contribution < -0.4 is 14.9 Å². The van der Waals surface area contributed by atoms with Crippen LogP contribution in [0.3, 0.4) is 0 Å². The SMILES string of the molecule is CCOc1cc(/C=N\Nc2nc3ccccc3n2C)cc(I)c1OCC. The third kappa shape index (κ3) is 3.92. The molecule has 0 amide bonds. The maximum atomic E-state index is 5.71. The number of aromatic nitrogens is 2. The second-order valence-electron chi connectivity index (χ2n) is 5.55. The van der Waals surface area contributed by atoms with Crippen LogP contribution in [0.25, 0.3) is 11.0 Å².